The molecule has 0 radical (unpaired) electrons. The summed E-state index contributed by atoms with van der Waals surface area (Å²) in [6, 6.07) is 19.6. The molecule has 5 aromatic rings. The molecule has 0 unspecified atom stereocenters. The predicted octanol–water partition coefficient (Wildman–Crippen LogP) is 10.2. The molecule has 3 aromatic carbocycles. The third-order valence-corrected chi connectivity index (χ3v) is 9.36. The highest BCUT2D eigenvalue weighted by Gasteiger charge is 2.39. The Morgan fingerprint density at radius 2 is 1.12 bits per heavy atom. The Balaban J connectivity index is 1.70. The molecule has 2 aromatic heterocycles. The van der Waals surface area contributed by atoms with Crippen LogP contribution in [-0.4, -0.2) is 9.97 Å². The van der Waals surface area contributed by atoms with E-state index in [-0.39, 0.29) is 67.0 Å². The second-order valence-corrected chi connectivity index (χ2v) is 12.2. The molecule has 276 valence electrons. The lowest BCUT2D eigenvalue weighted by Gasteiger charge is -2.16. The van der Waals surface area contributed by atoms with Crippen LogP contribution in [-0.2, 0) is 0 Å². The van der Waals surface area contributed by atoms with E-state index in [4.69, 9.17) is 19.7 Å². The maximum absolute atomic E-state index is 15.9. The summed E-state index contributed by atoms with van der Waals surface area (Å²) in [5, 5.41) is 40.1. The van der Waals surface area contributed by atoms with Gasteiger partial charge >= 0.3 is 0 Å². The molecule has 16 heteroatoms. The molecular formula is C43H10F7N9. The van der Waals surface area contributed by atoms with Gasteiger partial charge in [-0.25, -0.2) is 37.1 Å². The van der Waals surface area contributed by atoms with Gasteiger partial charge in [0.15, 0.2) is 34.7 Å². The van der Waals surface area contributed by atoms with Gasteiger partial charge in [0.05, 0.1) is 53.6 Å². The van der Waals surface area contributed by atoms with Crippen LogP contribution < -0.4 is 0 Å². The standard InChI is InChI=1S/C43H10F7N9/c1-55-21-10-8-20(9-11-21)30-32(40(57-3)34-35(44)28(17-54)58-41(48)38(34)47)24-12-22-23(13-25(24)39(30)56-2)31(27(16-53)33-36(45)42(49)59-43(50)37(33)46)29(26(22)15-52)19-6-4-18(14-51)5-7-19/h4-13H/b31-27+,40-32-. The normalized spacial score (nSPS) is 14.2. The fourth-order valence-electron chi connectivity index (χ4n) is 6.90. The Kier molecular flexibility index (Phi) is 9.37. The van der Waals surface area contributed by atoms with Gasteiger partial charge in [-0.15, -0.1) is 0 Å². The van der Waals surface area contributed by atoms with Crippen molar-refractivity contribution in [2.75, 3.05) is 0 Å². The Morgan fingerprint density at radius 1 is 0.559 bits per heavy atom. The number of rotatable bonds is 4. The molecule has 2 aliphatic carbocycles. The van der Waals surface area contributed by atoms with Crippen molar-refractivity contribution in [2.24, 2.45) is 0 Å². The van der Waals surface area contributed by atoms with Crippen LogP contribution in [0.5, 0.6) is 0 Å². The number of nitriles is 4. The predicted molar refractivity (Wildman–Crippen MR) is 195 cm³/mol. The van der Waals surface area contributed by atoms with Crippen molar-refractivity contribution in [2.45, 2.75) is 0 Å². The van der Waals surface area contributed by atoms with E-state index < -0.39 is 80.3 Å². The van der Waals surface area contributed by atoms with E-state index in [1.165, 1.54) is 60.7 Å². The van der Waals surface area contributed by atoms with Crippen molar-refractivity contribution in [1.29, 1.82) is 21.0 Å². The molecule has 59 heavy (non-hydrogen) atoms. The average Bonchev–Trinajstić information content (AvgIpc) is 3.74. The molecule has 2 heterocycles. The van der Waals surface area contributed by atoms with Gasteiger partial charge in [0.1, 0.15) is 18.2 Å². The van der Waals surface area contributed by atoms with Crippen LogP contribution in [0.15, 0.2) is 60.7 Å². The van der Waals surface area contributed by atoms with Crippen LogP contribution in [0.2, 0.25) is 0 Å². The maximum atomic E-state index is 15.9. The molecule has 0 saturated carbocycles. The number of hydrogen-bond acceptors (Lipinski definition) is 6. The van der Waals surface area contributed by atoms with Crippen LogP contribution in [0, 0.1) is 106 Å². The van der Waals surface area contributed by atoms with Crippen molar-refractivity contribution >= 4 is 50.5 Å². The maximum Gasteiger partial charge on any atom is 0.252 e. The van der Waals surface area contributed by atoms with Crippen LogP contribution in [0.25, 0.3) is 59.4 Å². The zero-order valence-electron chi connectivity index (χ0n) is 28.9. The van der Waals surface area contributed by atoms with Gasteiger partial charge < -0.3 is 0 Å². The molecule has 0 spiro atoms. The lowest BCUT2D eigenvalue weighted by atomic mass is 9.88. The summed E-state index contributed by atoms with van der Waals surface area (Å²) in [7, 11) is 0. The zero-order chi connectivity index (χ0) is 42.4. The lowest BCUT2D eigenvalue weighted by molar-refractivity contribution is 0.404. The van der Waals surface area contributed by atoms with Crippen molar-refractivity contribution in [3.63, 3.8) is 0 Å². The van der Waals surface area contributed by atoms with Crippen LogP contribution in [0.4, 0.5) is 36.4 Å². The van der Waals surface area contributed by atoms with Crippen molar-refractivity contribution in [3.8, 4) is 24.3 Å². The van der Waals surface area contributed by atoms with Gasteiger partial charge in [0.25, 0.3) is 11.9 Å². The number of fused-ring (bicyclic) bond motifs is 2. The third kappa shape index (κ3) is 5.73. The minimum Gasteiger partial charge on any atom is -0.238 e. The molecular weight excluding hydrogens is 776 g/mol. The Hall–Kier alpha value is -9.14. The molecule has 0 bridgehead atoms. The van der Waals surface area contributed by atoms with Crippen molar-refractivity contribution < 1.29 is 30.7 Å². The average molecular weight is 786 g/mol. The van der Waals surface area contributed by atoms with Gasteiger partial charge in [-0.2, -0.15) is 39.2 Å². The van der Waals surface area contributed by atoms with E-state index in [1.807, 2.05) is 12.1 Å². The van der Waals surface area contributed by atoms with Gasteiger partial charge in [-0.1, -0.05) is 42.5 Å². The van der Waals surface area contributed by atoms with E-state index in [1.54, 1.807) is 6.07 Å². The molecule has 0 atom stereocenters. The van der Waals surface area contributed by atoms with Crippen molar-refractivity contribution in [3.05, 3.63) is 192 Å². The third-order valence-electron chi connectivity index (χ3n) is 9.36. The first-order chi connectivity index (χ1) is 28.4. The first kappa shape index (κ1) is 38.1. The number of allylic oxidation sites excluding steroid dienone is 6. The van der Waals surface area contributed by atoms with Gasteiger partial charge in [-0.3, -0.25) is 0 Å². The molecule has 0 N–H and O–H groups in total. The Morgan fingerprint density at radius 3 is 1.66 bits per heavy atom. The summed E-state index contributed by atoms with van der Waals surface area (Å²) in [6.45, 7) is 23.8. The molecule has 7 rings (SSSR count). The lowest BCUT2D eigenvalue weighted by Crippen LogP contribution is -2.07. The van der Waals surface area contributed by atoms with E-state index in [0.29, 0.717) is 0 Å². The summed E-state index contributed by atoms with van der Waals surface area (Å²) in [4.78, 5) is 15.8. The fourth-order valence-corrected chi connectivity index (χ4v) is 6.90. The Bertz CT molecular complexity index is 3210. The van der Waals surface area contributed by atoms with E-state index >= 15 is 17.6 Å². The summed E-state index contributed by atoms with van der Waals surface area (Å²) in [5.74, 6) is -14.0. The summed E-state index contributed by atoms with van der Waals surface area (Å²) < 4.78 is 106. The number of nitrogens with zero attached hydrogens (tertiary/aromatic N) is 9. The number of halogens is 7. The van der Waals surface area contributed by atoms with Gasteiger partial charge in [0, 0.05) is 16.7 Å². The van der Waals surface area contributed by atoms with Crippen LogP contribution in [0.1, 0.15) is 55.8 Å². The Labute approximate surface area is 327 Å². The zero-order valence-corrected chi connectivity index (χ0v) is 28.9. The SMILES string of the molecule is [C-]#[N+]C1=C(c2ccc([N+]#[C-])cc2)/C(=C(\[N+]#[C-])c2c(F)c(F)nc(C#N)c2F)c2cc3c(cc21)/C(=C(/C#N)c1c(F)c(F)nc(F)c1F)C(c1ccc(C#N)cc1)=C3C#N. The second-order valence-electron chi connectivity index (χ2n) is 12.2. The molecule has 0 saturated heterocycles. The van der Waals surface area contributed by atoms with E-state index in [9.17, 15) is 34.2 Å². The summed E-state index contributed by atoms with van der Waals surface area (Å²) in [5.41, 5.74) is -8.47. The first-order valence-corrected chi connectivity index (χ1v) is 16.3. The highest BCUT2D eigenvalue weighted by atomic mass is 19.2. The van der Waals surface area contributed by atoms with E-state index in [0.717, 1.165) is 6.07 Å². The molecule has 0 aliphatic heterocycles. The first-order valence-electron chi connectivity index (χ1n) is 16.3. The van der Waals surface area contributed by atoms with E-state index in [2.05, 4.69) is 24.5 Å². The summed E-state index contributed by atoms with van der Waals surface area (Å²) >= 11 is 0. The highest BCUT2D eigenvalue weighted by molar-refractivity contribution is 6.33. The molecule has 0 fully saturated rings. The smallest absolute Gasteiger partial charge is 0.238 e. The highest BCUT2D eigenvalue weighted by Crippen LogP contribution is 2.57. The molecule has 0 amide bonds. The number of hydrogen-bond donors (Lipinski definition) is 0. The quantitative estimate of drug-likeness (QED) is 0.0771. The number of pyridine rings is 2. The fraction of sp³-hybridized carbons (Fsp3) is 0. The molecule has 9 nitrogen and oxygen atoms in total. The minimum atomic E-state index is -2.11. The van der Waals surface area contributed by atoms with Gasteiger partial charge in [-0.05, 0) is 57.2 Å². The van der Waals surface area contributed by atoms with Gasteiger partial charge in [0.2, 0.25) is 17.3 Å². The number of benzene rings is 3. The topological polar surface area (TPSA) is 134 Å². The van der Waals surface area contributed by atoms with Crippen LogP contribution in [0.3, 0.4) is 0 Å². The largest absolute Gasteiger partial charge is 0.252 e. The molecule has 2 aliphatic rings. The number of aromatic nitrogens is 2. The second kappa shape index (κ2) is 14.5. The summed E-state index contributed by atoms with van der Waals surface area (Å²) in [6.07, 6.45) is 0. The van der Waals surface area contributed by atoms with Crippen molar-refractivity contribution in [1.82, 2.24) is 9.97 Å². The minimum absolute atomic E-state index is 0.0510. The van der Waals surface area contributed by atoms with Crippen LogP contribution >= 0.6 is 0 Å². The monoisotopic (exact) mass is 785 g/mol.